The van der Waals surface area contributed by atoms with Crippen molar-refractivity contribution >= 4 is 32.6 Å². The average molecular weight is 672 g/mol. The van der Waals surface area contributed by atoms with Gasteiger partial charge in [0, 0.05) is 43.4 Å². The number of hydrogen-bond acceptors (Lipinski definition) is 8. The van der Waals surface area contributed by atoms with Crippen molar-refractivity contribution in [3.63, 3.8) is 0 Å². The third-order valence-corrected chi connectivity index (χ3v) is 9.53. The minimum Gasteiger partial charge on any atom is -0.380 e. The van der Waals surface area contributed by atoms with E-state index >= 15 is 4.39 Å². The Hall–Kier alpha value is -4.63. The van der Waals surface area contributed by atoms with Crippen LogP contribution in [0.3, 0.4) is 0 Å². The van der Waals surface area contributed by atoms with Crippen LogP contribution in [0.2, 0.25) is 0 Å². The van der Waals surface area contributed by atoms with Crippen LogP contribution in [0.1, 0.15) is 24.0 Å². The summed E-state index contributed by atoms with van der Waals surface area (Å²) in [5.41, 5.74) is -3.32. The van der Waals surface area contributed by atoms with Crippen LogP contribution < -0.4 is 10.6 Å². The summed E-state index contributed by atoms with van der Waals surface area (Å²) >= 11 is 0. The number of aromatic nitrogens is 3. The Kier molecular flexibility index (Phi) is 8.16. The highest BCUT2D eigenvalue weighted by molar-refractivity contribution is 7.90. The fraction of sp³-hybridized carbons (Fsp3) is 0.312. The van der Waals surface area contributed by atoms with E-state index in [1.165, 1.54) is 24.3 Å². The van der Waals surface area contributed by atoms with Crippen LogP contribution in [-0.2, 0) is 25.5 Å². The number of ether oxygens (including phenoxy) is 1. The van der Waals surface area contributed by atoms with Gasteiger partial charge in [0.2, 0.25) is 5.91 Å². The predicted octanol–water partition coefficient (Wildman–Crippen LogP) is 4.35. The zero-order chi connectivity index (χ0) is 33.8. The van der Waals surface area contributed by atoms with Crippen molar-refractivity contribution in [1.29, 1.82) is 0 Å². The fourth-order valence-corrected chi connectivity index (χ4v) is 6.96. The molecule has 1 amide bonds. The second-order valence-electron chi connectivity index (χ2n) is 11.5. The molecule has 2 aliphatic heterocycles. The molecule has 2 fully saturated rings. The van der Waals surface area contributed by atoms with Crippen molar-refractivity contribution in [3.05, 3.63) is 88.6 Å². The van der Waals surface area contributed by atoms with Gasteiger partial charge < -0.3 is 14.5 Å². The van der Waals surface area contributed by atoms with E-state index in [1.807, 2.05) is 0 Å². The number of pyridine rings is 1. The van der Waals surface area contributed by atoms with E-state index < -0.39 is 50.4 Å². The number of amides is 1. The lowest BCUT2D eigenvalue weighted by Gasteiger charge is -2.40. The SMILES string of the molecule is C=CC(=O)N1CCN(c2nc(=O)n(-c3c(C4COC4)cccc3S(C)(=O)=O)c3nc(-c4ccccc4C(F)(F)F)c(F)cc23)[C@@H](C)C1. The minimum atomic E-state index is -4.86. The van der Waals surface area contributed by atoms with E-state index in [1.54, 1.807) is 22.8 Å². The van der Waals surface area contributed by atoms with Gasteiger partial charge in [-0.2, -0.15) is 18.2 Å². The van der Waals surface area contributed by atoms with E-state index in [0.29, 0.717) is 5.56 Å². The molecule has 0 radical (unpaired) electrons. The number of halogens is 4. The Balaban J connectivity index is 1.69. The Morgan fingerprint density at radius 2 is 1.81 bits per heavy atom. The summed E-state index contributed by atoms with van der Waals surface area (Å²) in [5, 5.41) is -0.0372. The largest absolute Gasteiger partial charge is 0.417 e. The molecule has 10 nitrogen and oxygen atoms in total. The number of nitrogens with zero attached hydrogens (tertiary/aromatic N) is 5. The summed E-state index contributed by atoms with van der Waals surface area (Å²) in [6.07, 6.45) is -2.71. The summed E-state index contributed by atoms with van der Waals surface area (Å²) in [7, 11) is -3.99. The molecule has 2 aliphatic rings. The van der Waals surface area contributed by atoms with Crippen molar-refractivity contribution in [1.82, 2.24) is 19.4 Å². The zero-order valence-corrected chi connectivity index (χ0v) is 26.1. The van der Waals surface area contributed by atoms with Gasteiger partial charge in [-0.25, -0.2) is 27.2 Å². The molecule has 15 heteroatoms. The molecule has 0 spiro atoms. The number of carbonyl (C=O) groups is 1. The molecule has 2 aromatic heterocycles. The van der Waals surface area contributed by atoms with Crippen molar-refractivity contribution in [2.24, 2.45) is 0 Å². The first-order valence-electron chi connectivity index (χ1n) is 14.6. The lowest BCUT2D eigenvalue weighted by molar-refractivity contribution is -0.137. The first-order valence-corrected chi connectivity index (χ1v) is 16.5. The van der Waals surface area contributed by atoms with E-state index in [2.05, 4.69) is 16.5 Å². The van der Waals surface area contributed by atoms with Crippen molar-refractivity contribution < 1.29 is 35.5 Å². The third kappa shape index (κ3) is 5.78. The Morgan fingerprint density at radius 1 is 1.09 bits per heavy atom. The molecule has 0 N–H and O–H groups in total. The molecule has 2 saturated heterocycles. The second-order valence-corrected chi connectivity index (χ2v) is 13.5. The number of piperazine rings is 1. The van der Waals surface area contributed by atoms with Gasteiger partial charge in [-0.15, -0.1) is 0 Å². The normalized spacial score (nSPS) is 17.5. The number of benzene rings is 2. The number of rotatable bonds is 6. The molecular formula is C32H29F4N5O5S. The quantitative estimate of drug-likeness (QED) is 0.220. The van der Waals surface area contributed by atoms with Gasteiger partial charge in [0.1, 0.15) is 17.3 Å². The summed E-state index contributed by atoms with van der Waals surface area (Å²) in [5.74, 6) is -1.73. The lowest BCUT2D eigenvalue weighted by atomic mass is 9.95. The molecule has 6 rings (SSSR count). The van der Waals surface area contributed by atoms with Crippen molar-refractivity contribution in [2.45, 2.75) is 30.0 Å². The molecule has 4 aromatic rings. The first-order chi connectivity index (χ1) is 22.2. The summed E-state index contributed by atoms with van der Waals surface area (Å²) < 4.78 is 90.8. The third-order valence-electron chi connectivity index (χ3n) is 8.41. The highest BCUT2D eigenvalue weighted by Gasteiger charge is 2.36. The molecule has 2 aromatic carbocycles. The Labute approximate surface area is 266 Å². The van der Waals surface area contributed by atoms with Gasteiger partial charge in [0.25, 0.3) is 0 Å². The van der Waals surface area contributed by atoms with Crippen LogP contribution in [0.25, 0.3) is 28.0 Å². The van der Waals surface area contributed by atoms with Gasteiger partial charge in [0.15, 0.2) is 15.5 Å². The van der Waals surface area contributed by atoms with Gasteiger partial charge in [-0.3, -0.25) is 4.79 Å². The number of carbonyl (C=O) groups excluding carboxylic acids is 1. The number of anilines is 1. The molecule has 0 bridgehead atoms. The van der Waals surface area contributed by atoms with Gasteiger partial charge in [-0.1, -0.05) is 36.9 Å². The van der Waals surface area contributed by atoms with Crippen LogP contribution in [0, 0.1) is 5.82 Å². The van der Waals surface area contributed by atoms with Crippen LogP contribution in [0.4, 0.5) is 23.4 Å². The van der Waals surface area contributed by atoms with E-state index in [4.69, 9.17) is 4.74 Å². The fourth-order valence-electron chi connectivity index (χ4n) is 6.08. The monoisotopic (exact) mass is 671 g/mol. The lowest BCUT2D eigenvalue weighted by Crippen LogP contribution is -2.54. The maximum Gasteiger partial charge on any atom is 0.417 e. The minimum absolute atomic E-state index is 0.00753. The number of para-hydroxylation sites is 1. The zero-order valence-electron chi connectivity index (χ0n) is 25.3. The molecule has 4 heterocycles. The van der Waals surface area contributed by atoms with Gasteiger partial charge in [0.05, 0.1) is 34.7 Å². The van der Waals surface area contributed by atoms with E-state index in [0.717, 1.165) is 35.1 Å². The molecule has 0 saturated carbocycles. The highest BCUT2D eigenvalue weighted by Crippen LogP contribution is 2.40. The molecule has 246 valence electrons. The molecule has 0 unspecified atom stereocenters. The number of hydrogen-bond donors (Lipinski definition) is 0. The Bertz CT molecular complexity index is 2100. The molecule has 47 heavy (non-hydrogen) atoms. The smallest absolute Gasteiger partial charge is 0.380 e. The summed E-state index contributed by atoms with van der Waals surface area (Å²) in [4.78, 5) is 38.1. The van der Waals surface area contributed by atoms with Gasteiger partial charge in [-0.05, 0) is 36.8 Å². The van der Waals surface area contributed by atoms with Crippen LogP contribution >= 0.6 is 0 Å². The summed E-state index contributed by atoms with van der Waals surface area (Å²) in [6, 6.07) is 9.33. The second kappa shape index (κ2) is 11.9. The Morgan fingerprint density at radius 3 is 2.43 bits per heavy atom. The first kappa shape index (κ1) is 32.3. The molecular weight excluding hydrogens is 642 g/mol. The van der Waals surface area contributed by atoms with Crippen LogP contribution in [0.5, 0.6) is 0 Å². The maximum absolute atomic E-state index is 16.1. The summed E-state index contributed by atoms with van der Waals surface area (Å²) in [6.45, 7) is 6.36. The van der Waals surface area contributed by atoms with Crippen molar-refractivity contribution in [2.75, 3.05) is 44.0 Å². The average Bonchev–Trinajstić information content (AvgIpc) is 2.99. The van der Waals surface area contributed by atoms with Crippen LogP contribution in [-0.4, -0.2) is 78.9 Å². The highest BCUT2D eigenvalue weighted by atomic mass is 32.2. The standard InChI is InChI=1S/C32H29F4N5O5S/c1-4-26(42)39-12-13-40(18(2)15-39)29-22-14-24(33)27(21-8-5-6-10-23(21)32(34,35)36)37-30(22)41(31(43)38-29)28-20(19-16-46-17-19)9-7-11-25(28)47(3,44)45/h4-11,14,18-19H,1,12-13,15-17H2,2-3H3/t18-/m0/s1. The number of sulfone groups is 1. The van der Waals surface area contributed by atoms with E-state index in [9.17, 15) is 31.2 Å². The molecule has 0 aliphatic carbocycles. The predicted molar refractivity (Wildman–Crippen MR) is 166 cm³/mol. The van der Waals surface area contributed by atoms with Crippen LogP contribution in [0.15, 0.2) is 70.9 Å². The number of fused-ring (bicyclic) bond motifs is 1. The van der Waals surface area contributed by atoms with Gasteiger partial charge >= 0.3 is 11.9 Å². The maximum atomic E-state index is 16.1. The van der Waals surface area contributed by atoms with Crippen molar-refractivity contribution in [3.8, 4) is 16.9 Å². The number of alkyl halides is 3. The van der Waals surface area contributed by atoms with E-state index in [-0.39, 0.29) is 72.1 Å². The molecule has 1 atom stereocenters. The topological polar surface area (TPSA) is 115 Å².